The SMILES string of the molecule is Nc1nn2cc(F)cnc2c1C(=O)NC1CNCC(F)C1N1CCN2C(=O)CCCC2C1. The minimum atomic E-state index is -1.19. The molecule has 3 fully saturated rings. The van der Waals surface area contributed by atoms with Crippen LogP contribution in [0.1, 0.15) is 29.6 Å². The second kappa shape index (κ2) is 8.24. The van der Waals surface area contributed by atoms with Gasteiger partial charge in [-0.1, -0.05) is 0 Å². The van der Waals surface area contributed by atoms with Crippen LogP contribution in [0.4, 0.5) is 14.6 Å². The molecule has 4 atom stereocenters. The number of halogens is 2. The van der Waals surface area contributed by atoms with Gasteiger partial charge in [-0.3, -0.25) is 14.5 Å². The number of hydrogen-bond acceptors (Lipinski definition) is 7. The molecule has 4 N–H and O–H groups in total. The van der Waals surface area contributed by atoms with E-state index in [2.05, 4.69) is 25.6 Å². The minimum Gasteiger partial charge on any atom is -0.381 e. The Balaban J connectivity index is 1.36. The maximum atomic E-state index is 15.1. The zero-order valence-corrected chi connectivity index (χ0v) is 17.5. The van der Waals surface area contributed by atoms with Crippen LogP contribution in [-0.2, 0) is 4.79 Å². The highest BCUT2D eigenvalue weighted by Gasteiger charge is 2.43. The van der Waals surface area contributed by atoms with Gasteiger partial charge in [-0.15, -0.1) is 5.10 Å². The largest absolute Gasteiger partial charge is 0.381 e. The molecule has 4 unspecified atom stereocenters. The zero-order chi connectivity index (χ0) is 22.4. The van der Waals surface area contributed by atoms with Crippen LogP contribution in [0.2, 0.25) is 0 Å². The summed E-state index contributed by atoms with van der Waals surface area (Å²) in [6.45, 7) is 2.29. The van der Waals surface area contributed by atoms with E-state index in [4.69, 9.17) is 5.73 Å². The van der Waals surface area contributed by atoms with Gasteiger partial charge in [-0.25, -0.2) is 18.3 Å². The van der Waals surface area contributed by atoms with Crippen LogP contribution in [0, 0.1) is 5.82 Å². The van der Waals surface area contributed by atoms with E-state index in [-0.39, 0.29) is 35.5 Å². The number of anilines is 1. The van der Waals surface area contributed by atoms with Crippen molar-refractivity contribution in [2.45, 2.75) is 43.6 Å². The number of aromatic nitrogens is 3. The maximum Gasteiger partial charge on any atom is 0.259 e. The Hall–Kier alpha value is -2.86. The molecular weight excluding hydrogens is 422 g/mol. The maximum absolute atomic E-state index is 15.1. The Labute approximate surface area is 183 Å². The lowest BCUT2D eigenvalue weighted by Crippen LogP contribution is -2.69. The molecule has 3 saturated heterocycles. The first-order valence-corrected chi connectivity index (χ1v) is 10.9. The molecule has 172 valence electrons. The molecule has 2 aromatic heterocycles. The number of carbonyl (C=O) groups excluding carboxylic acids is 2. The third kappa shape index (κ3) is 3.66. The number of amides is 2. The Morgan fingerprint density at radius 3 is 3.00 bits per heavy atom. The number of piperidine rings is 2. The van der Waals surface area contributed by atoms with Crippen molar-refractivity contribution in [1.82, 2.24) is 35.0 Å². The number of rotatable bonds is 3. The molecule has 0 bridgehead atoms. The van der Waals surface area contributed by atoms with Gasteiger partial charge >= 0.3 is 0 Å². The van der Waals surface area contributed by atoms with Crippen molar-refractivity contribution in [3.8, 4) is 0 Å². The minimum absolute atomic E-state index is 0.0347. The average Bonchev–Trinajstić information content (AvgIpc) is 3.08. The van der Waals surface area contributed by atoms with Crippen molar-refractivity contribution in [2.75, 3.05) is 38.5 Å². The molecule has 3 aliphatic rings. The highest BCUT2D eigenvalue weighted by Crippen LogP contribution is 2.27. The zero-order valence-electron chi connectivity index (χ0n) is 17.5. The number of nitrogens with one attached hydrogen (secondary N) is 2. The molecule has 12 heteroatoms. The number of nitrogens with two attached hydrogens (primary N) is 1. The summed E-state index contributed by atoms with van der Waals surface area (Å²) < 4.78 is 29.7. The molecule has 3 aliphatic heterocycles. The normalized spacial score (nSPS) is 29.2. The van der Waals surface area contributed by atoms with Crippen LogP contribution in [0.5, 0.6) is 0 Å². The fourth-order valence-electron chi connectivity index (χ4n) is 5.24. The van der Waals surface area contributed by atoms with E-state index in [0.29, 0.717) is 32.6 Å². The van der Waals surface area contributed by atoms with Crippen molar-refractivity contribution in [2.24, 2.45) is 0 Å². The number of alkyl halides is 1. The number of nitrogen functional groups attached to an aromatic ring is 1. The number of piperazine rings is 1. The standard InChI is InChI=1S/C20H26F2N8O2/c21-11-6-25-19-16(18(23)27-30(19)9-11)20(32)26-14-8-24-7-13(22)17(14)28-4-5-29-12(10-28)2-1-3-15(29)31/h6,9,12-14,17,24H,1-5,7-8,10H2,(H2,23,27)(H,26,32). The molecule has 0 aliphatic carbocycles. The van der Waals surface area contributed by atoms with Crippen LogP contribution in [0.25, 0.3) is 5.65 Å². The predicted molar refractivity (Wildman–Crippen MR) is 111 cm³/mol. The van der Waals surface area contributed by atoms with Crippen LogP contribution in [0.15, 0.2) is 12.4 Å². The number of nitrogens with zero attached hydrogens (tertiary/aromatic N) is 5. The first-order chi connectivity index (χ1) is 15.4. The molecule has 5 rings (SSSR count). The average molecular weight is 448 g/mol. The smallest absolute Gasteiger partial charge is 0.259 e. The first-order valence-electron chi connectivity index (χ1n) is 10.9. The molecular formula is C20H26F2N8O2. The number of fused-ring (bicyclic) bond motifs is 2. The fraction of sp³-hybridized carbons (Fsp3) is 0.600. The molecule has 0 spiro atoms. The van der Waals surface area contributed by atoms with Crippen LogP contribution in [-0.4, -0.2) is 93.2 Å². The van der Waals surface area contributed by atoms with Gasteiger partial charge in [0.2, 0.25) is 5.91 Å². The Kier molecular flexibility index (Phi) is 5.41. The predicted octanol–water partition coefficient (Wildman–Crippen LogP) is -0.444. The van der Waals surface area contributed by atoms with Gasteiger partial charge in [0, 0.05) is 45.2 Å². The van der Waals surface area contributed by atoms with Crippen molar-refractivity contribution >= 4 is 23.3 Å². The molecule has 2 aromatic rings. The van der Waals surface area contributed by atoms with Crippen molar-refractivity contribution in [3.05, 3.63) is 23.8 Å². The summed E-state index contributed by atoms with van der Waals surface area (Å²) in [4.78, 5) is 33.2. The van der Waals surface area contributed by atoms with E-state index < -0.39 is 30.0 Å². The second-order valence-corrected chi connectivity index (χ2v) is 8.67. The fourth-order valence-corrected chi connectivity index (χ4v) is 5.24. The van der Waals surface area contributed by atoms with Gasteiger partial charge in [0.1, 0.15) is 11.7 Å². The summed E-state index contributed by atoms with van der Waals surface area (Å²) in [7, 11) is 0. The summed E-state index contributed by atoms with van der Waals surface area (Å²) in [5, 5.41) is 9.88. The molecule has 0 radical (unpaired) electrons. The highest BCUT2D eigenvalue weighted by atomic mass is 19.1. The number of hydrogen-bond donors (Lipinski definition) is 3. The Bertz CT molecular complexity index is 1050. The summed E-state index contributed by atoms with van der Waals surface area (Å²) in [6, 6.07) is -0.975. The quantitative estimate of drug-likeness (QED) is 0.582. The van der Waals surface area contributed by atoms with E-state index in [9.17, 15) is 14.0 Å². The lowest BCUT2D eigenvalue weighted by molar-refractivity contribution is -0.140. The Morgan fingerprint density at radius 2 is 2.16 bits per heavy atom. The van der Waals surface area contributed by atoms with E-state index in [0.717, 1.165) is 29.8 Å². The van der Waals surface area contributed by atoms with Crippen LogP contribution in [0.3, 0.4) is 0 Å². The lowest BCUT2D eigenvalue weighted by Gasteiger charge is -2.49. The van der Waals surface area contributed by atoms with Crippen molar-refractivity contribution in [1.29, 1.82) is 0 Å². The first kappa shape index (κ1) is 21.0. The Morgan fingerprint density at radius 1 is 1.31 bits per heavy atom. The highest BCUT2D eigenvalue weighted by molar-refractivity contribution is 6.04. The van der Waals surface area contributed by atoms with E-state index in [1.54, 1.807) is 0 Å². The van der Waals surface area contributed by atoms with Crippen LogP contribution < -0.4 is 16.4 Å². The van der Waals surface area contributed by atoms with Gasteiger partial charge in [-0.05, 0) is 12.8 Å². The van der Waals surface area contributed by atoms with Gasteiger partial charge in [0.25, 0.3) is 5.91 Å². The summed E-state index contributed by atoms with van der Waals surface area (Å²) in [5.74, 6) is -1.05. The molecule has 10 nitrogen and oxygen atoms in total. The number of carbonyl (C=O) groups is 2. The third-order valence-electron chi connectivity index (χ3n) is 6.68. The molecule has 0 aromatic carbocycles. The topological polar surface area (TPSA) is 121 Å². The monoisotopic (exact) mass is 448 g/mol. The summed E-state index contributed by atoms with van der Waals surface area (Å²) in [6.07, 6.45) is 3.22. The van der Waals surface area contributed by atoms with E-state index in [1.807, 2.05) is 4.90 Å². The lowest BCUT2D eigenvalue weighted by atomic mass is 9.92. The summed E-state index contributed by atoms with van der Waals surface area (Å²) >= 11 is 0. The van der Waals surface area contributed by atoms with Crippen molar-refractivity contribution < 1.29 is 18.4 Å². The van der Waals surface area contributed by atoms with E-state index >= 15 is 4.39 Å². The molecule has 5 heterocycles. The van der Waals surface area contributed by atoms with Gasteiger partial charge in [0.15, 0.2) is 17.3 Å². The molecule has 32 heavy (non-hydrogen) atoms. The van der Waals surface area contributed by atoms with E-state index in [1.165, 1.54) is 0 Å². The van der Waals surface area contributed by atoms with Gasteiger partial charge < -0.3 is 21.3 Å². The van der Waals surface area contributed by atoms with Crippen LogP contribution >= 0.6 is 0 Å². The second-order valence-electron chi connectivity index (χ2n) is 8.67. The molecule has 0 saturated carbocycles. The summed E-state index contributed by atoms with van der Waals surface area (Å²) in [5.41, 5.74) is 6.07. The van der Waals surface area contributed by atoms with Gasteiger partial charge in [-0.2, -0.15) is 0 Å². The molecule has 2 amide bonds. The van der Waals surface area contributed by atoms with Crippen molar-refractivity contribution in [3.63, 3.8) is 0 Å². The van der Waals surface area contributed by atoms with Gasteiger partial charge in [0.05, 0.1) is 24.5 Å². The third-order valence-corrected chi connectivity index (χ3v) is 6.68.